The van der Waals surface area contributed by atoms with Crippen molar-refractivity contribution in [3.8, 4) is 0 Å². The van der Waals surface area contributed by atoms with E-state index in [1.165, 1.54) is 0 Å². The molecule has 0 saturated carbocycles. The Hall–Kier alpha value is -3.27. The predicted octanol–water partition coefficient (Wildman–Crippen LogP) is 0.542. The van der Waals surface area contributed by atoms with Crippen molar-refractivity contribution in [1.82, 2.24) is 25.4 Å². The van der Waals surface area contributed by atoms with Crippen LogP contribution < -0.4 is 5.32 Å². The molecule has 3 N–H and O–H groups in total. The van der Waals surface area contributed by atoms with Gasteiger partial charge in [-0.3, -0.25) is 24.5 Å². The van der Waals surface area contributed by atoms with Crippen LogP contribution in [0.4, 0.5) is 0 Å². The maximum Gasteiger partial charge on any atom is 0.290 e. The SMILES string of the molecule is O=C(NCC1CCCO1)c1n[nH]c2c1CCN(C(=O)Cc1ccncc1)C2.O=CO. The van der Waals surface area contributed by atoms with E-state index in [1.54, 1.807) is 17.3 Å². The largest absolute Gasteiger partial charge is 0.483 e. The number of rotatable bonds is 5. The van der Waals surface area contributed by atoms with Gasteiger partial charge in [0.05, 0.1) is 24.8 Å². The van der Waals surface area contributed by atoms with Gasteiger partial charge in [0, 0.05) is 37.7 Å². The molecule has 0 bridgehead atoms. The van der Waals surface area contributed by atoms with Gasteiger partial charge in [0.1, 0.15) is 0 Å². The van der Waals surface area contributed by atoms with E-state index in [9.17, 15) is 9.59 Å². The van der Waals surface area contributed by atoms with Crippen LogP contribution in [0.5, 0.6) is 0 Å². The summed E-state index contributed by atoms with van der Waals surface area (Å²) in [4.78, 5) is 39.1. The zero-order chi connectivity index (χ0) is 21.3. The van der Waals surface area contributed by atoms with E-state index in [4.69, 9.17) is 14.6 Å². The van der Waals surface area contributed by atoms with Crippen LogP contribution in [-0.4, -0.2) is 69.3 Å². The third kappa shape index (κ3) is 5.41. The summed E-state index contributed by atoms with van der Waals surface area (Å²) in [7, 11) is 0. The number of pyridine rings is 1. The molecule has 1 saturated heterocycles. The molecular formula is C20H25N5O5. The molecule has 2 amide bonds. The Labute approximate surface area is 173 Å². The number of carbonyl (C=O) groups excluding carboxylic acids is 2. The first-order valence-corrected chi connectivity index (χ1v) is 9.82. The van der Waals surface area contributed by atoms with E-state index < -0.39 is 0 Å². The second-order valence-electron chi connectivity index (χ2n) is 7.08. The van der Waals surface area contributed by atoms with Crippen LogP contribution in [0.2, 0.25) is 0 Å². The molecule has 10 heteroatoms. The fourth-order valence-electron chi connectivity index (χ4n) is 3.60. The number of aromatic amines is 1. The first kappa shape index (κ1) is 21.4. The standard InChI is InChI=1S/C19H23N5O3.CH2O2/c25-17(10-13-3-6-20-7-4-13)24-8-5-15-16(12-24)22-23-18(15)19(26)21-11-14-2-1-9-27-14;2-1-3/h3-4,6-7,14H,1-2,5,8-12H2,(H,21,26)(H,22,23);1H,(H,2,3). The highest BCUT2D eigenvalue weighted by atomic mass is 16.5. The van der Waals surface area contributed by atoms with Crippen molar-refractivity contribution >= 4 is 18.3 Å². The first-order chi connectivity index (χ1) is 14.6. The molecule has 4 heterocycles. The average Bonchev–Trinajstić information content (AvgIpc) is 3.42. The Bertz CT molecular complexity index is 864. The maximum atomic E-state index is 12.5. The van der Waals surface area contributed by atoms with Crippen molar-refractivity contribution in [2.45, 2.75) is 38.3 Å². The lowest BCUT2D eigenvalue weighted by Gasteiger charge is -2.27. The van der Waals surface area contributed by atoms with Crippen LogP contribution in [0.1, 0.15) is 40.2 Å². The minimum Gasteiger partial charge on any atom is -0.483 e. The molecule has 2 aliphatic rings. The highest BCUT2D eigenvalue weighted by Gasteiger charge is 2.28. The lowest BCUT2D eigenvalue weighted by atomic mass is 10.0. The third-order valence-electron chi connectivity index (χ3n) is 5.12. The summed E-state index contributed by atoms with van der Waals surface area (Å²) >= 11 is 0. The first-order valence-electron chi connectivity index (χ1n) is 9.82. The van der Waals surface area contributed by atoms with Gasteiger partial charge in [-0.05, 0) is 37.0 Å². The zero-order valence-electron chi connectivity index (χ0n) is 16.5. The number of nitrogens with one attached hydrogen (secondary N) is 2. The molecule has 1 atom stereocenters. The Kier molecular flexibility index (Phi) is 7.50. The van der Waals surface area contributed by atoms with Crippen molar-refractivity contribution in [2.24, 2.45) is 0 Å². The Morgan fingerprint density at radius 3 is 2.83 bits per heavy atom. The van der Waals surface area contributed by atoms with Crippen LogP contribution >= 0.6 is 0 Å². The van der Waals surface area contributed by atoms with Crippen LogP contribution in [0.3, 0.4) is 0 Å². The highest BCUT2D eigenvalue weighted by Crippen LogP contribution is 2.21. The number of H-pyrrole nitrogens is 1. The van der Waals surface area contributed by atoms with Gasteiger partial charge < -0.3 is 20.1 Å². The quantitative estimate of drug-likeness (QED) is 0.606. The topological polar surface area (TPSA) is 138 Å². The third-order valence-corrected chi connectivity index (χ3v) is 5.12. The van der Waals surface area contributed by atoms with Gasteiger partial charge in [-0.1, -0.05) is 0 Å². The Morgan fingerprint density at radius 2 is 2.13 bits per heavy atom. The fourth-order valence-corrected chi connectivity index (χ4v) is 3.60. The van der Waals surface area contributed by atoms with E-state index >= 15 is 0 Å². The van der Waals surface area contributed by atoms with Crippen LogP contribution in [0.25, 0.3) is 0 Å². The molecule has 0 spiro atoms. The average molecular weight is 415 g/mol. The summed E-state index contributed by atoms with van der Waals surface area (Å²) in [6, 6.07) is 3.69. The molecule has 4 rings (SSSR count). The maximum absolute atomic E-state index is 12.5. The van der Waals surface area contributed by atoms with Crippen molar-refractivity contribution in [1.29, 1.82) is 0 Å². The lowest BCUT2D eigenvalue weighted by molar-refractivity contribution is -0.131. The summed E-state index contributed by atoms with van der Waals surface area (Å²) < 4.78 is 5.53. The van der Waals surface area contributed by atoms with Crippen LogP contribution in [0.15, 0.2) is 24.5 Å². The molecular weight excluding hydrogens is 390 g/mol. The molecule has 2 aromatic heterocycles. The predicted molar refractivity (Wildman–Crippen MR) is 106 cm³/mol. The number of ether oxygens (including phenoxy) is 1. The Morgan fingerprint density at radius 1 is 1.37 bits per heavy atom. The van der Waals surface area contributed by atoms with Crippen molar-refractivity contribution in [3.63, 3.8) is 0 Å². The van der Waals surface area contributed by atoms with Crippen LogP contribution in [0, 0.1) is 0 Å². The molecule has 30 heavy (non-hydrogen) atoms. The molecule has 0 aromatic carbocycles. The van der Waals surface area contributed by atoms with Crippen molar-refractivity contribution < 1.29 is 24.2 Å². The van der Waals surface area contributed by atoms with E-state index in [0.29, 0.717) is 38.2 Å². The van der Waals surface area contributed by atoms with Gasteiger partial charge in [-0.25, -0.2) is 0 Å². The number of carboxylic acid groups (broad SMARTS) is 1. The Balaban J connectivity index is 0.000000806. The number of fused-ring (bicyclic) bond motifs is 1. The molecule has 2 aliphatic heterocycles. The normalized spacial score (nSPS) is 17.5. The van der Waals surface area contributed by atoms with Gasteiger partial charge in [0.15, 0.2) is 5.69 Å². The number of nitrogens with zero attached hydrogens (tertiary/aromatic N) is 3. The number of amides is 2. The van der Waals surface area contributed by atoms with E-state index in [2.05, 4.69) is 20.5 Å². The monoisotopic (exact) mass is 415 g/mol. The fraction of sp³-hybridized carbons (Fsp3) is 0.450. The molecule has 2 aromatic rings. The summed E-state index contributed by atoms with van der Waals surface area (Å²) in [5.74, 6) is -0.120. The number of hydrogen-bond donors (Lipinski definition) is 3. The molecule has 1 unspecified atom stereocenters. The lowest BCUT2D eigenvalue weighted by Crippen LogP contribution is -2.38. The zero-order valence-corrected chi connectivity index (χ0v) is 16.5. The summed E-state index contributed by atoms with van der Waals surface area (Å²) in [6.45, 7) is 2.06. The second kappa shape index (κ2) is 10.5. The summed E-state index contributed by atoms with van der Waals surface area (Å²) in [6.07, 6.45) is 6.47. The molecule has 0 radical (unpaired) electrons. The minimum absolute atomic E-state index is 0.0610. The van der Waals surface area contributed by atoms with Gasteiger partial charge in [0.25, 0.3) is 12.4 Å². The van der Waals surface area contributed by atoms with E-state index in [0.717, 1.165) is 36.3 Å². The number of aromatic nitrogens is 3. The molecule has 10 nitrogen and oxygen atoms in total. The van der Waals surface area contributed by atoms with E-state index in [1.807, 2.05) is 12.1 Å². The van der Waals surface area contributed by atoms with Crippen molar-refractivity contribution in [2.75, 3.05) is 19.7 Å². The van der Waals surface area contributed by atoms with Gasteiger partial charge >= 0.3 is 0 Å². The number of hydrogen-bond acceptors (Lipinski definition) is 6. The smallest absolute Gasteiger partial charge is 0.290 e. The molecule has 1 fully saturated rings. The molecule has 160 valence electrons. The van der Waals surface area contributed by atoms with Gasteiger partial charge in [-0.15, -0.1) is 0 Å². The number of carbonyl (C=O) groups is 3. The highest BCUT2D eigenvalue weighted by molar-refractivity contribution is 5.94. The van der Waals surface area contributed by atoms with Crippen LogP contribution in [-0.2, 0) is 33.7 Å². The minimum atomic E-state index is -0.250. The summed E-state index contributed by atoms with van der Waals surface area (Å²) in [5, 5.41) is 16.9. The van der Waals surface area contributed by atoms with Gasteiger partial charge in [-0.2, -0.15) is 5.10 Å². The second-order valence-corrected chi connectivity index (χ2v) is 7.08. The van der Waals surface area contributed by atoms with Gasteiger partial charge in [0.2, 0.25) is 5.91 Å². The van der Waals surface area contributed by atoms with Crippen molar-refractivity contribution in [3.05, 3.63) is 47.0 Å². The summed E-state index contributed by atoms with van der Waals surface area (Å²) in [5.41, 5.74) is 3.13. The molecule has 0 aliphatic carbocycles. The van der Waals surface area contributed by atoms with E-state index in [-0.39, 0.29) is 24.4 Å².